The van der Waals surface area contributed by atoms with Crippen LogP contribution in [0, 0.1) is 5.82 Å². The summed E-state index contributed by atoms with van der Waals surface area (Å²) in [6.45, 7) is 4.30. The molecule has 7 nitrogen and oxygen atoms in total. The number of benzene rings is 1. The summed E-state index contributed by atoms with van der Waals surface area (Å²) in [4.78, 5) is 36.2. The van der Waals surface area contributed by atoms with Gasteiger partial charge in [-0.15, -0.1) is 0 Å². The third-order valence-electron chi connectivity index (χ3n) is 4.26. The smallest absolute Gasteiger partial charge is 0.350 e. The van der Waals surface area contributed by atoms with Crippen LogP contribution in [0.25, 0.3) is 0 Å². The summed E-state index contributed by atoms with van der Waals surface area (Å²) in [5, 5.41) is 4.89. The number of halogens is 1. The van der Waals surface area contributed by atoms with Crippen molar-refractivity contribution in [2.45, 2.75) is 64.2 Å². The molecule has 148 valence electrons. The molecule has 0 unspecified atom stereocenters. The zero-order valence-electron chi connectivity index (χ0n) is 15.7. The van der Waals surface area contributed by atoms with Gasteiger partial charge in [0.15, 0.2) is 11.7 Å². The van der Waals surface area contributed by atoms with E-state index in [1.807, 2.05) is 0 Å². The lowest BCUT2D eigenvalue weighted by atomic mass is 10.1. The number of nitrogens with one attached hydrogen (secondary N) is 2. The average Bonchev–Trinajstić information content (AvgIpc) is 3.09. The number of amides is 3. The SMILES string of the molecule is C[C@H](OC(=O)C(C)(C)Oc1ccc(F)cc1)C(=O)NC(=O)NC1CCCC1. The van der Waals surface area contributed by atoms with E-state index in [1.165, 1.54) is 45.0 Å². The number of esters is 1. The zero-order chi connectivity index (χ0) is 20.0. The summed E-state index contributed by atoms with van der Waals surface area (Å²) in [5.74, 6) is -1.66. The molecule has 1 saturated carbocycles. The van der Waals surface area contributed by atoms with Crippen LogP contribution in [0.1, 0.15) is 46.5 Å². The summed E-state index contributed by atoms with van der Waals surface area (Å²) in [6.07, 6.45) is 2.71. The second-order valence-electron chi connectivity index (χ2n) is 7.06. The Morgan fingerprint density at radius 3 is 2.33 bits per heavy atom. The second-order valence-corrected chi connectivity index (χ2v) is 7.06. The van der Waals surface area contributed by atoms with Gasteiger partial charge in [0, 0.05) is 6.04 Å². The van der Waals surface area contributed by atoms with Crippen molar-refractivity contribution in [3.8, 4) is 5.75 Å². The third-order valence-corrected chi connectivity index (χ3v) is 4.26. The molecule has 2 rings (SSSR count). The topological polar surface area (TPSA) is 93.7 Å². The first-order valence-electron chi connectivity index (χ1n) is 8.94. The molecular formula is C19H25FN2O5. The number of ether oxygens (including phenoxy) is 2. The van der Waals surface area contributed by atoms with Crippen LogP contribution in [0.4, 0.5) is 9.18 Å². The van der Waals surface area contributed by atoms with Crippen LogP contribution in [-0.2, 0) is 14.3 Å². The van der Waals surface area contributed by atoms with Crippen molar-refractivity contribution in [1.29, 1.82) is 0 Å². The summed E-state index contributed by atoms with van der Waals surface area (Å²) in [7, 11) is 0. The Hall–Kier alpha value is -2.64. The van der Waals surface area contributed by atoms with Crippen molar-refractivity contribution in [3.63, 3.8) is 0 Å². The minimum absolute atomic E-state index is 0.0682. The van der Waals surface area contributed by atoms with Crippen molar-refractivity contribution < 1.29 is 28.2 Å². The van der Waals surface area contributed by atoms with E-state index in [9.17, 15) is 18.8 Å². The predicted octanol–water partition coefficient (Wildman–Crippen LogP) is 2.68. The van der Waals surface area contributed by atoms with Gasteiger partial charge in [0.1, 0.15) is 11.6 Å². The number of hydrogen-bond acceptors (Lipinski definition) is 5. The number of urea groups is 1. The molecule has 8 heteroatoms. The molecule has 1 fully saturated rings. The molecule has 0 saturated heterocycles. The molecule has 1 aromatic carbocycles. The highest BCUT2D eigenvalue weighted by molar-refractivity contribution is 5.97. The Kier molecular flexibility index (Phi) is 6.76. The van der Waals surface area contributed by atoms with Gasteiger partial charge < -0.3 is 14.8 Å². The molecule has 1 aliphatic carbocycles. The quantitative estimate of drug-likeness (QED) is 0.740. The first-order chi connectivity index (χ1) is 12.7. The molecule has 1 aromatic rings. The van der Waals surface area contributed by atoms with Crippen molar-refractivity contribution >= 4 is 17.9 Å². The van der Waals surface area contributed by atoms with E-state index in [4.69, 9.17) is 9.47 Å². The fourth-order valence-corrected chi connectivity index (χ4v) is 2.70. The maximum Gasteiger partial charge on any atom is 0.350 e. The molecule has 0 radical (unpaired) electrons. The van der Waals surface area contributed by atoms with Gasteiger partial charge in [-0.05, 0) is 57.9 Å². The normalized spacial score (nSPS) is 15.7. The van der Waals surface area contributed by atoms with Gasteiger partial charge in [-0.3, -0.25) is 10.1 Å². The van der Waals surface area contributed by atoms with Crippen LogP contribution in [0.5, 0.6) is 5.75 Å². The first kappa shape index (κ1) is 20.7. The first-order valence-corrected chi connectivity index (χ1v) is 8.94. The summed E-state index contributed by atoms with van der Waals surface area (Å²) >= 11 is 0. The Bertz CT molecular complexity index is 684. The maximum absolute atomic E-state index is 12.9. The Morgan fingerprint density at radius 2 is 1.74 bits per heavy atom. The van der Waals surface area contributed by atoms with Gasteiger partial charge in [-0.2, -0.15) is 0 Å². The monoisotopic (exact) mass is 380 g/mol. The summed E-state index contributed by atoms with van der Waals surface area (Å²) < 4.78 is 23.6. The van der Waals surface area contributed by atoms with Crippen molar-refractivity contribution in [1.82, 2.24) is 10.6 Å². The van der Waals surface area contributed by atoms with Gasteiger partial charge in [0.25, 0.3) is 5.91 Å². The number of imide groups is 1. The van der Waals surface area contributed by atoms with Gasteiger partial charge in [-0.25, -0.2) is 14.0 Å². The highest BCUT2D eigenvalue weighted by atomic mass is 19.1. The van der Waals surface area contributed by atoms with Crippen LogP contribution < -0.4 is 15.4 Å². The Morgan fingerprint density at radius 1 is 1.15 bits per heavy atom. The molecule has 0 spiro atoms. The lowest BCUT2D eigenvalue weighted by molar-refractivity contribution is -0.167. The molecular weight excluding hydrogens is 355 g/mol. The largest absolute Gasteiger partial charge is 0.476 e. The maximum atomic E-state index is 12.9. The number of hydrogen-bond donors (Lipinski definition) is 2. The number of carbonyl (C=O) groups excluding carboxylic acids is 3. The fourth-order valence-electron chi connectivity index (χ4n) is 2.70. The minimum Gasteiger partial charge on any atom is -0.476 e. The fraction of sp³-hybridized carbons (Fsp3) is 0.526. The molecule has 27 heavy (non-hydrogen) atoms. The molecule has 1 atom stereocenters. The number of carbonyl (C=O) groups is 3. The Balaban J connectivity index is 1.83. The standard InChI is InChI=1S/C19H25FN2O5/c1-12(16(23)22-18(25)21-14-6-4-5-7-14)26-17(24)19(2,3)27-15-10-8-13(20)9-11-15/h8-12,14H,4-7H2,1-3H3,(H2,21,22,23,25)/t12-/m0/s1. The van der Waals surface area contributed by atoms with Crippen LogP contribution in [0.3, 0.4) is 0 Å². The third kappa shape index (κ3) is 6.23. The van der Waals surface area contributed by atoms with Gasteiger partial charge >= 0.3 is 12.0 Å². The van der Waals surface area contributed by atoms with Crippen LogP contribution in [0.2, 0.25) is 0 Å². The van der Waals surface area contributed by atoms with E-state index < -0.39 is 35.4 Å². The lowest BCUT2D eigenvalue weighted by Gasteiger charge is -2.26. The molecule has 0 bridgehead atoms. The molecule has 0 aliphatic heterocycles. The lowest BCUT2D eigenvalue weighted by Crippen LogP contribution is -2.49. The highest BCUT2D eigenvalue weighted by Gasteiger charge is 2.34. The van der Waals surface area contributed by atoms with Crippen molar-refractivity contribution in [3.05, 3.63) is 30.1 Å². The van der Waals surface area contributed by atoms with E-state index in [0.717, 1.165) is 25.7 Å². The van der Waals surface area contributed by atoms with Gasteiger partial charge in [0.2, 0.25) is 0 Å². The summed E-state index contributed by atoms with van der Waals surface area (Å²) in [6, 6.07) is 4.64. The summed E-state index contributed by atoms with van der Waals surface area (Å²) in [5.41, 5.74) is -1.40. The molecule has 2 N–H and O–H groups in total. The van der Waals surface area contributed by atoms with Crippen molar-refractivity contribution in [2.75, 3.05) is 0 Å². The average molecular weight is 380 g/mol. The van der Waals surface area contributed by atoms with E-state index in [2.05, 4.69) is 10.6 Å². The molecule has 0 aromatic heterocycles. The highest BCUT2D eigenvalue weighted by Crippen LogP contribution is 2.20. The zero-order valence-corrected chi connectivity index (χ0v) is 15.7. The van der Waals surface area contributed by atoms with Crippen molar-refractivity contribution in [2.24, 2.45) is 0 Å². The second kappa shape index (κ2) is 8.83. The minimum atomic E-state index is -1.40. The molecule has 3 amide bonds. The van der Waals surface area contributed by atoms with E-state index in [1.54, 1.807) is 0 Å². The van der Waals surface area contributed by atoms with Crippen LogP contribution in [-0.4, -0.2) is 35.7 Å². The predicted molar refractivity (Wildman–Crippen MR) is 95.6 cm³/mol. The van der Waals surface area contributed by atoms with Gasteiger partial charge in [0.05, 0.1) is 0 Å². The van der Waals surface area contributed by atoms with E-state index in [-0.39, 0.29) is 11.8 Å². The van der Waals surface area contributed by atoms with E-state index >= 15 is 0 Å². The Labute approximate surface area is 157 Å². The van der Waals surface area contributed by atoms with Crippen LogP contribution >= 0.6 is 0 Å². The molecule has 0 heterocycles. The number of rotatable bonds is 6. The molecule has 1 aliphatic rings. The van der Waals surface area contributed by atoms with E-state index in [0.29, 0.717) is 0 Å². The van der Waals surface area contributed by atoms with Gasteiger partial charge in [-0.1, -0.05) is 12.8 Å². The van der Waals surface area contributed by atoms with Crippen LogP contribution in [0.15, 0.2) is 24.3 Å².